The van der Waals surface area contributed by atoms with Gasteiger partial charge in [0.1, 0.15) is 11.6 Å². The van der Waals surface area contributed by atoms with E-state index in [9.17, 15) is 14.3 Å². The third-order valence-electron chi connectivity index (χ3n) is 3.71. The molecule has 0 unspecified atom stereocenters. The Kier molecular flexibility index (Phi) is 2.57. The molecule has 0 amide bonds. The van der Waals surface area contributed by atoms with Crippen molar-refractivity contribution in [2.45, 2.75) is 13.8 Å². The van der Waals surface area contributed by atoms with Gasteiger partial charge in [0, 0.05) is 23.9 Å². The SMILES string of the molecule is Cc1cc(F)c2c(c1)c(=O)n(C)c1cc(O)c(C)cc21. The molecular formula is C16H14FNO2. The second-order valence-electron chi connectivity index (χ2n) is 5.19. The topological polar surface area (TPSA) is 42.2 Å². The number of fused-ring (bicyclic) bond motifs is 3. The van der Waals surface area contributed by atoms with Gasteiger partial charge in [-0.2, -0.15) is 0 Å². The highest BCUT2D eigenvalue weighted by Gasteiger charge is 2.14. The van der Waals surface area contributed by atoms with E-state index in [1.54, 1.807) is 33.0 Å². The second kappa shape index (κ2) is 4.07. The van der Waals surface area contributed by atoms with E-state index in [4.69, 9.17) is 0 Å². The maximum absolute atomic E-state index is 14.3. The minimum Gasteiger partial charge on any atom is -0.508 e. The summed E-state index contributed by atoms with van der Waals surface area (Å²) in [4.78, 5) is 12.4. The molecule has 0 aliphatic carbocycles. The van der Waals surface area contributed by atoms with Gasteiger partial charge in [-0.15, -0.1) is 0 Å². The lowest BCUT2D eigenvalue weighted by atomic mass is 10.0. The summed E-state index contributed by atoms with van der Waals surface area (Å²) in [6.45, 7) is 3.51. The van der Waals surface area contributed by atoms with Gasteiger partial charge in [0.2, 0.25) is 0 Å². The van der Waals surface area contributed by atoms with Crippen LogP contribution in [0.3, 0.4) is 0 Å². The largest absolute Gasteiger partial charge is 0.508 e. The average molecular weight is 271 g/mol. The van der Waals surface area contributed by atoms with Crippen molar-refractivity contribution in [3.8, 4) is 5.75 Å². The number of pyridine rings is 1. The minimum atomic E-state index is -0.409. The van der Waals surface area contributed by atoms with E-state index in [1.807, 2.05) is 0 Å². The highest BCUT2D eigenvalue weighted by molar-refractivity contribution is 6.06. The number of rotatable bonds is 0. The Morgan fingerprint density at radius 2 is 1.80 bits per heavy atom. The smallest absolute Gasteiger partial charge is 0.258 e. The molecule has 1 N–H and O–H groups in total. The van der Waals surface area contributed by atoms with Crippen molar-refractivity contribution >= 4 is 21.7 Å². The summed E-state index contributed by atoms with van der Waals surface area (Å²) < 4.78 is 15.8. The number of aryl methyl sites for hydroxylation is 3. The highest BCUT2D eigenvalue weighted by atomic mass is 19.1. The predicted octanol–water partition coefficient (Wildman–Crippen LogP) is 3.15. The minimum absolute atomic E-state index is 0.0966. The number of halogens is 1. The molecule has 0 radical (unpaired) electrons. The molecule has 0 atom stereocenters. The van der Waals surface area contributed by atoms with Gasteiger partial charge in [-0.3, -0.25) is 4.79 Å². The summed E-state index contributed by atoms with van der Waals surface area (Å²) in [7, 11) is 1.62. The van der Waals surface area contributed by atoms with Gasteiger partial charge in [0.25, 0.3) is 5.56 Å². The molecule has 3 nitrogen and oxygen atoms in total. The van der Waals surface area contributed by atoms with Crippen molar-refractivity contribution in [2.75, 3.05) is 0 Å². The van der Waals surface area contributed by atoms with E-state index in [0.29, 0.717) is 32.8 Å². The van der Waals surface area contributed by atoms with E-state index < -0.39 is 5.82 Å². The lowest BCUT2D eigenvalue weighted by Gasteiger charge is -2.12. The van der Waals surface area contributed by atoms with Crippen molar-refractivity contribution in [2.24, 2.45) is 7.05 Å². The molecule has 0 saturated heterocycles. The highest BCUT2D eigenvalue weighted by Crippen LogP contribution is 2.30. The van der Waals surface area contributed by atoms with Gasteiger partial charge in [0.15, 0.2) is 0 Å². The Morgan fingerprint density at radius 1 is 1.10 bits per heavy atom. The van der Waals surface area contributed by atoms with Crippen molar-refractivity contribution < 1.29 is 9.50 Å². The zero-order valence-corrected chi connectivity index (χ0v) is 11.5. The third-order valence-corrected chi connectivity index (χ3v) is 3.71. The lowest BCUT2D eigenvalue weighted by molar-refractivity contribution is 0.471. The third kappa shape index (κ3) is 1.61. The van der Waals surface area contributed by atoms with Crippen LogP contribution in [0.1, 0.15) is 11.1 Å². The molecule has 4 heteroatoms. The van der Waals surface area contributed by atoms with E-state index in [2.05, 4.69) is 0 Å². The van der Waals surface area contributed by atoms with Crippen LogP contribution >= 0.6 is 0 Å². The molecule has 0 saturated carbocycles. The Balaban J connectivity index is 2.72. The first-order chi connectivity index (χ1) is 9.40. The Hall–Kier alpha value is -2.36. The van der Waals surface area contributed by atoms with Crippen LogP contribution in [0.15, 0.2) is 29.1 Å². The molecular weight excluding hydrogens is 257 g/mol. The number of aromatic nitrogens is 1. The number of phenolic OH excluding ortho intramolecular Hbond substituents is 1. The molecule has 3 rings (SSSR count). The van der Waals surface area contributed by atoms with E-state index >= 15 is 0 Å². The molecule has 0 aliphatic rings. The van der Waals surface area contributed by atoms with Gasteiger partial charge in [-0.1, -0.05) is 0 Å². The zero-order chi connectivity index (χ0) is 14.6. The summed E-state index contributed by atoms with van der Waals surface area (Å²) in [6.07, 6.45) is 0. The fourth-order valence-corrected chi connectivity index (χ4v) is 2.64. The first kappa shape index (κ1) is 12.7. The molecule has 102 valence electrons. The number of nitrogens with zero attached hydrogens (tertiary/aromatic N) is 1. The summed E-state index contributed by atoms with van der Waals surface area (Å²) in [5.74, 6) is -0.313. The average Bonchev–Trinajstić information content (AvgIpc) is 2.38. The second-order valence-corrected chi connectivity index (χ2v) is 5.19. The number of hydrogen-bond donors (Lipinski definition) is 1. The molecule has 1 aromatic heterocycles. The van der Waals surface area contributed by atoms with Crippen LogP contribution in [0.2, 0.25) is 0 Å². The summed E-state index contributed by atoms with van der Waals surface area (Å²) in [5, 5.41) is 11.1. The fraction of sp³-hybridized carbons (Fsp3) is 0.188. The molecule has 0 bridgehead atoms. The molecule has 20 heavy (non-hydrogen) atoms. The molecule has 2 aromatic carbocycles. The fourth-order valence-electron chi connectivity index (χ4n) is 2.64. The van der Waals surface area contributed by atoms with Crippen molar-refractivity contribution in [3.05, 3.63) is 51.6 Å². The van der Waals surface area contributed by atoms with Gasteiger partial charge < -0.3 is 9.67 Å². The number of hydrogen-bond acceptors (Lipinski definition) is 2. The van der Waals surface area contributed by atoms with Crippen LogP contribution in [0.5, 0.6) is 5.75 Å². The first-order valence-electron chi connectivity index (χ1n) is 6.32. The van der Waals surface area contributed by atoms with Crippen LogP contribution in [-0.4, -0.2) is 9.67 Å². The van der Waals surface area contributed by atoms with Gasteiger partial charge in [-0.25, -0.2) is 4.39 Å². The molecule has 0 fully saturated rings. The Bertz CT molecular complexity index is 926. The monoisotopic (exact) mass is 271 g/mol. The standard InChI is InChI=1S/C16H14FNO2/c1-8-4-11-15(12(17)5-8)10-6-9(2)14(19)7-13(10)18(3)16(11)20/h4-7,19H,1-3H3. The van der Waals surface area contributed by atoms with Crippen molar-refractivity contribution in [1.82, 2.24) is 4.57 Å². The molecule has 0 spiro atoms. The van der Waals surface area contributed by atoms with E-state index in [-0.39, 0.29) is 11.3 Å². The number of aromatic hydroxyl groups is 1. The normalized spacial score (nSPS) is 11.4. The van der Waals surface area contributed by atoms with Gasteiger partial charge >= 0.3 is 0 Å². The number of phenols is 1. The molecule has 0 aliphatic heterocycles. The summed E-state index contributed by atoms with van der Waals surface area (Å²) in [6, 6.07) is 6.33. The zero-order valence-electron chi connectivity index (χ0n) is 11.5. The van der Waals surface area contributed by atoms with Crippen molar-refractivity contribution in [1.29, 1.82) is 0 Å². The van der Waals surface area contributed by atoms with Crippen molar-refractivity contribution in [3.63, 3.8) is 0 Å². The maximum atomic E-state index is 14.3. The lowest BCUT2D eigenvalue weighted by Crippen LogP contribution is -2.18. The van der Waals surface area contributed by atoms with Gasteiger partial charge in [-0.05, 0) is 43.2 Å². The maximum Gasteiger partial charge on any atom is 0.258 e. The molecule has 3 aromatic rings. The van der Waals surface area contributed by atoms with Crippen LogP contribution in [0.4, 0.5) is 4.39 Å². The van der Waals surface area contributed by atoms with Crippen LogP contribution in [0, 0.1) is 19.7 Å². The summed E-state index contributed by atoms with van der Waals surface area (Å²) >= 11 is 0. The Labute approximate surface area is 114 Å². The van der Waals surface area contributed by atoms with Crippen LogP contribution in [-0.2, 0) is 7.05 Å². The summed E-state index contributed by atoms with van der Waals surface area (Å²) in [5.41, 5.74) is 1.62. The van der Waals surface area contributed by atoms with Gasteiger partial charge in [0.05, 0.1) is 10.9 Å². The first-order valence-corrected chi connectivity index (χ1v) is 6.32. The number of benzene rings is 2. The Morgan fingerprint density at radius 3 is 2.50 bits per heavy atom. The van der Waals surface area contributed by atoms with E-state index in [1.165, 1.54) is 16.7 Å². The predicted molar refractivity (Wildman–Crippen MR) is 77.8 cm³/mol. The quantitative estimate of drug-likeness (QED) is 0.638. The van der Waals surface area contributed by atoms with E-state index in [0.717, 1.165) is 0 Å². The van der Waals surface area contributed by atoms with Crippen LogP contribution < -0.4 is 5.56 Å². The molecule has 1 heterocycles. The van der Waals surface area contributed by atoms with Crippen LogP contribution in [0.25, 0.3) is 21.7 Å².